The quantitative estimate of drug-likeness (QED) is 0.461. The van der Waals surface area contributed by atoms with E-state index in [2.05, 4.69) is 99.6 Å². The lowest BCUT2D eigenvalue weighted by Crippen LogP contribution is -2.26. The molecule has 2 aliphatic carbocycles. The van der Waals surface area contributed by atoms with Crippen LogP contribution in [0, 0.1) is 0 Å². The second kappa shape index (κ2) is 5.32. The average molecular weight is 334 g/mol. The first-order valence-electron chi connectivity index (χ1n) is 9.35. The molecule has 0 amide bonds. The molecule has 0 nitrogen and oxygen atoms in total. The van der Waals surface area contributed by atoms with Crippen molar-refractivity contribution < 1.29 is 0 Å². The molecule has 0 saturated heterocycles. The molecule has 0 fully saturated rings. The first-order chi connectivity index (χ1) is 12.7. The van der Waals surface area contributed by atoms with Crippen molar-refractivity contribution in [1.82, 2.24) is 0 Å². The smallest absolute Gasteiger partial charge is 0.0685 e. The summed E-state index contributed by atoms with van der Waals surface area (Å²) in [6, 6.07) is 26.9. The van der Waals surface area contributed by atoms with Gasteiger partial charge in [-0.1, -0.05) is 78.9 Å². The summed E-state index contributed by atoms with van der Waals surface area (Å²) < 4.78 is 0. The van der Waals surface area contributed by atoms with Crippen LogP contribution in [0.5, 0.6) is 0 Å². The summed E-state index contributed by atoms with van der Waals surface area (Å²) in [7, 11) is 0. The Morgan fingerprint density at radius 1 is 0.692 bits per heavy atom. The van der Waals surface area contributed by atoms with Crippen LogP contribution in [0.4, 0.5) is 0 Å². The van der Waals surface area contributed by atoms with Gasteiger partial charge >= 0.3 is 0 Å². The van der Waals surface area contributed by atoms with E-state index >= 15 is 0 Å². The van der Waals surface area contributed by atoms with E-state index in [0.717, 1.165) is 0 Å². The highest BCUT2D eigenvalue weighted by molar-refractivity contribution is 5.97. The normalized spacial score (nSPS) is 16.7. The fraction of sp³-hybridized carbons (Fsp3) is 0.154. The van der Waals surface area contributed by atoms with Crippen LogP contribution < -0.4 is 0 Å². The molecule has 0 heterocycles. The zero-order chi connectivity index (χ0) is 17.9. The van der Waals surface area contributed by atoms with Crippen LogP contribution >= 0.6 is 0 Å². The van der Waals surface area contributed by atoms with E-state index < -0.39 is 0 Å². The molecule has 3 aromatic rings. The maximum atomic E-state index is 2.33. The SMILES string of the molecule is C/C=C(/C)C1=C(C)C2(c3ccccc31)c1ccccc1-c1ccccc12. The summed E-state index contributed by atoms with van der Waals surface area (Å²) in [5, 5.41) is 0. The van der Waals surface area contributed by atoms with Gasteiger partial charge in [-0.15, -0.1) is 0 Å². The van der Waals surface area contributed by atoms with Crippen molar-refractivity contribution in [2.75, 3.05) is 0 Å². The predicted octanol–water partition coefficient (Wildman–Crippen LogP) is 6.75. The molecule has 0 aromatic heterocycles. The molecule has 26 heavy (non-hydrogen) atoms. The lowest BCUT2D eigenvalue weighted by Gasteiger charge is -2.31. The van der Waals surface area contributed by atoms with Gasteiger partial charge < -0.3 is 0 Å². The van der Waals surface area contributed by atoms with Crippen molar-refractivity contribution in [1.29, 1.82) is 0 Å². The van der Waals surface area contributed by atoms with Crippen LogP contribution in [-0.4, -0.2) is 0 Å². The van der Waals surface area contributed by atoms with Crippen LogP contribution in [0.3, 0.4) is 0 Å². The molecule has 0 radical (unpaired) electrons. The molecule has 0 unspecified atom stereocenters. The highest BCUT2D eigenvalue weighted by Crippen LogP contribution is 2.62. The van der Waals surface area contributed by atoms with Gasteiger partial charge in [-0.2, -0.15) is 0 Å². The van der Waals surface area contributed by atoms with Gasteiger partial charge in [0, 0.05) is 0 Å². The molecule has 2 aliphatic rings. The van der Waals surface area contributed by atoms with Gasteiger partial charge in [0.25, 0.3) is 0 Å². The van der Waals surface area contributed by atoms with Crippen molar-refractivity contribution in [2.24, 2.45) is 0 Å². The van der Waals surface area contributed by atoms with Crippen molar-refractivity contribution in [3.63, 3.8) is 0 Å². The topological polar surface area (TPSA) is 0 Å². The second-order valence-corrected chi connectivity index (χ2v) is 7.36. The molecule has 0 heteroatoms. The summed E-state index contributed by atoms with van der Waals surface area (Å²) in [6.45, 7) is 6.71. The fourth-order valence-corrected chi connectivity index (χ4v) is 5.20. The molecular formula is C26H22. The van der Waals surface area contributed by atoms with E-state index in [9.17, 15) is 0 Å². The summed E-state index contributed by atoms with van der Waals surface area (Å²) in [5.74, 6) is 0. The number of benzene rings is 3. The van der Waals surface area contributed by atoms with Crippen LogP contribution in [0.1, 0.15) is 43.0 Å². The van der Waals surface area contributed by atoms with Crippen LogP contribution in [0.25, 0.3) is 16.7 Å². The van der Waals surface area contributed by atoms with Gasteiger partial charge in [0.1, 0.15) is 0 Å². The third-order valence-electron chi connectivity index (χ3n) is 6.32. The van der Waals surface area contributed by atoms with E-state index in [0.29, 0.717) is 0 Å². The molecule has 0 atom stereocenters. The Kier molecular flexibility index (Phi) is 3.15. The minimum Gasteiger partial charge on any atom is -0.0841 e. The zero-order valence-corrected chi connectivity index (χ0v) is 15.5. The summed E-state index contributed by atoms with van der Waals surface area (Å²) in [5.41, 5.74) is 12.4. The molecule has 5 rings (SSSR count). The van der Waals surface area contributed by atoms with Gasteiger partial charge in [-0.3, -0.25) is 0 Å². The van der Waals surface area contributed by atoms with Gasteiger partial charge in [0.15, 0.2) is 0 Å². The number of allylic oxidation sites excluding steroid dienone is 4. The Labute approximate surface area is 155 Å². The zero-order valence-electron chi connectivity index (χ0n) is 15.5. The maximum absolute atomic E-state index is 2.33. The largest absolute Gasteiger partial charge is 0.0841 e. The molecule has 1 spiro atoms. The van der Waals surface area contributed by atoms with E-state index in [-0.39, 0.29) is 5.41 Å². The Bertz CT molecular complexity index is 1060. The molecular weight excluding hydrogens is 312 g/mol. The van der Waals surface area contributed by atoms with Crippen LogP contribution in [-0.2, 0) is 5.41 Å². The molecule has 3 aromatic carbocycles. The van der Waals surface area contributed by atoms with Gasteiger partial charge in [-0.25, -0.2) is 0 Å². The Balaban J connectivity index is 2.00. The first kappa shape index (κ1) is 15.4. The Hall–Kier alpha value is -2.86. The third-order valence-corrected chi connectivity index (χ3v) is 6.32. The van der Waals surface area contributed by atoms with Gasteiger partial charge in [-0.05, 0) is 70.9 Å². The molecule has 0 N–H and O–H groups in total. The predicted molar refractivity (Wildman–Crippen MR) is 110 cm³/mol. The highest BCUT2D eigenvalue weighted by atomic mass is 14.5. The number of fused-ring (bicyclic) bond motifs is 7. The standard InChI is InChI=1S/C26H22/c1-4-17(2)25-18(3)26(24-16-10-7-13-21(24)25)22-14-8-5-11-19(22)20-12-6-9-15-23(20)26/h4-16H,1-3H3/b17-4-. The van der Waals surface area contributed by atoms with E-state index in [1.807, 2.05) is 0 Å². The molecule has 0 bridgehead atoms. The lowest BCUT2D eigenvalue weighted by molar-refractivity contribution is 0.766. The van der Waals surface area contributed by atoms with Crippen molar-refractivity contribution >= 4 is 5.57 Å². The van der Waals surface area contributed by atoms with Crippen LogP contribution in [0.15, 0.2) is 90.0 Å². The van der Waals surface area contributed by atoms with E-state index in [1.165, 1.54) is 50.1 Å². The van der Waals surface area contributed by atoms with E-state index in [1.54, 1.807) is 0 Å². The average Bonchev–Trinajstić information content (AvgIpc) is 3.14. The highest BCUT2D eigenvalue weighted by Gasteiger charge is 2.51. The molecule has 0 aliphatic heterocycles. The summed E-state index contributed by atoms with van der Waals surface area (Å²) in [6.07, 6.45) is 2.24. The second-order valence-electron chi connectivity index (χ2n) is 7.36. The van der Waals surface area contributed by atoms with Crippen LogP contribution in [0.2, 0.25) is 0 Å². The van der Waals surface area contributed by atoms with Crippen molar-refractivity contribution in [3.8, 4) is 11.1 Å². The lowest BCUT2D eigenvalue weighted by atomic mass is 9.70. The molecule has 0 saturated carbocycles. The number of hydrogen-bond donors (Lipinski definition) is 0. The minimum atomic E-state index is -0.163. The monoisotopic (exact) mass is 334 g/mol. The van der Waals surface area contributed by atoms with Gasteiger partial charge in [0.2, 0.25) is 0 Å². The first-order valence-corrected chi connectivity index (χ1v) is 9.35. The number of hydrogen-bond acceptors (Lipinski definition) is 0. The van der Waals surface area contributed by atoms with E-state index in [4.69, 9.17) is 0 Å². The van der Waals surface area contributed by atoms with Crippen molar-refractivity contribution in [3.05, 3.63) is 112 Å². The maximum Gasteiger partial charge on any atom is 0.0685 e. The Morgan fingerprint density at radius 3 is 1.62 bits per heavy atom. The fourth-order valence-electron chi connectivity index (χ4n) is 5.20. The summed E-state index contributed by atoms with van der Waals surface area (Å²) in [4.78, 5) is 0. The Morgan fingerprint density at radius 2 is 1.12 bits per heavy atom. The summed E-state index contributed by atoms with van der Waals surface area (Å²) >= 11 is 0. The molecule has 126 valence electrons. The van der Waals surface area contributed by atoms with Crippen molar-refractivity contribution in [2.45, 2.75) is 26.2 Å². The number of rotatable bonds is 1. The minimum absolute atomic E-state index is 0.163. The van der Waals surface area contributed by atoms with Gasteiger partial charge in [0.05, 0.1) is 5.41 Å². The third kappa shape index (κ3) is 1.65.